The second-order valence-electron chi connectivity index (χ2n) is 7.23. The van der Waals surface area contributed by atoms with Crippen molar-refractivity contribution in [3.63, 3.8) is 0 Å². The number of aromatic hydroxyl groups is 1. The normalized spacial score (nSPS) is 12.7. The van der Waals surface area contributed by atoms with E-state index >= 15 is 0 Å². The molecule has 1 aromatic rings. The van der Waals surface area contributed by atoms with E-state index in [1.165, 1.54) is 37.7 Å². The maximum absolute atomic E-state index is 9.40. The molecular weight excluding hydrogens is 232 g/mol. The molecule has 0 heterocycles. The first-order valence-electron chi connectivity index (χ1n) is 7.56. The first kappa shape index (κ1) is 16.1. The number of phenolic OH excluding ortho intramolecular Hbond substituents is 1. The molecule has 1 heteroatoms. The van der Waals surface area contributed by atoms with Crippen LogP contribution >= 0.6 is 0 Å². The Bertz CT molecular complexity index is 373. The number of hydrogen-bond donors (Lipinski definition) is 1. The minimum atomic E-state index is 0.156. The molecule has 0 spiro atoms. The molecule has 0 unspecified atom stereocenters. The lowest BCUT2D eigenvalue weighted by Gasteiger charge is -2.35. The highest BCUT2D eigenvalue weighted by molar-refractivity contribution is 5.30. The van der Waals surface area contributed by atoms with Crippen LogP contribution in [0.25, 0.3) is 0 Å². The lowest BCUT2D eigenvalue weighted by atomic mass is 9.69. The van der Waals surface area contributed by atoms with E-state index in [9.17, 15) is 5.11 Å². The van der Waals surface area contributed by atoms with E-state index in [0.717, 1.165) is 0 Å². The van der Waals surface area contributed by atoms with Gasteiger partial charge < -0.3 is 5.11 Å². The minimum Gasteiger partial charge on any atom is -0.508 e. The van der Waals surface area contributed by atoms with Crippen LogP contribution in [0.5, 0.6) is 5.75 Å². The van der Waals surface area contributed by atoms with Crippen LogP contribution in [0.4, 0.5) is 0 Å². The Morgan fingerprint density at radius 3 is 2.05 bits per heavy atom. The van der Waals surface area contributed by atoms with Gasteiger partial charge in [-0.1, -0.05) is 66.0 Å². The van der Waals surface area contributed by atoms with Crippen molar-refractivity contribution in [2.24, 2.45) is 5.41 Å². The summed E-state index contributed by atoms with van der Waals surface area (Å²) in [5, 5.41) is 9.40. The summed E-state index contributed by atoms with van der Waals surface area (Å²) in [6.45, 7) is 11.6. The highest BCUT2D eigenvalue weighted by Crippen LogP contribution is 2.39. The zero-order chi connectivity index (χ0) is 14.5. The Balaban J connectivity index is 2.69. The van der Waals surface area contributed by atoms with Crippen molar-refractivity contribution < 1.29 is 5.11 Å². The Hall–Kier alpha value is -0.980. The minimum absolute atomic E-state index is 0.156. The summed E-state index contributed by atoms with van der Waals surface area (Å²) < 4.78 is 0. The van der Waals surface area contributed by atoms with Gasteiger partial charge in [-0.25, -0.2) is 0 Å². The van der Waals surface area contributed by atoms with Gasteiger partial charge in [0.15, 0.2) is 0 Å². The van der Waals surface area contributed by atoms with Crippen LogP contribution in [-0.4, -0.2) is 5.11 Å². The molecule has 108 valence electrons. The van der Waals surface area contributed by atoms with Crippen molar-refractivity contribution in [3.05, 3.63) is 29.8 Å². The van der Waals surface area contributed by atoms with Crippen LogP contribution in [0.15, 0.2) is 24.3 Å². The standard InChI is InChI=1S/C18H30O/c1-6-7-8-13-17(2,3)14-18(4,5)15-9-11-16(19)12-10-15/h9-12,19H,6-8,13-14H2,1-5H3. The molecule has 0 aliphatic carbocycles. The quantitative estimate of drug-likeness (QED) is 0.628. The fourth-order valence-electron chi connectivity index (χ4n) is 3.15. The van der Waals surface area contributed by atoms with E-state index in [1.54, 1.807) is 12.1 Å². The third-order valence-corrected chi connectivity index (χ3v) is 4.03. The Morgan fingerprint density at radius 1 is 0.947 bits per heavy atom. The van der Waals surface area contributed by atoms with Gasteiger partial charge in [0.2, 0.25) is 0 Å². The highest BCUT2D eigenvalue weighted by atomic mass is 16.3. The maximum atomic E-state index is 9.40. The molecule has 0 amide bonds. The third-order valence-electron chi connectivity index (χ3n) is 4.03. The zero-order valence-corrected chi connectivity index (χ0v) is 13.3. The first-order chi connectivity index (χ1) is 8.77. The SMILES string of the molecule is CCCCCC(C)(C)CC(C)(C)c1ccc(O)cc1. The third kappa shape index (κ3) is 5.26. The monoisotopic (exact) mass is 262 g/mol. The van der Waals surface area contributed by atoms with Gasteiger partial charge in [-0.3, -0.25) is 0 Å². The van der Waals surface area contributed by atoms with Crippen LogP contribution in [0.3, 0.4) is 0 Å². The smallest absolute Gasteiger partial charge is 0.115 e. The van der Waals surface area contributed by atoms with Gasteiger partial charge in [-0.15, -0.1) is 0 Å². The van der Waals surface area contributed by atoms with Crippen LogP contribution in [0.2, 0.25) is 0 Å². The van der Waals surface area contributed by atoms with Gasteiger partial charge in [0.25, 0.3) is 0 Å². The lowest BCUT2D eigenvalue weighted by Crippen LogP contribution is -2.26. The Labute approximate surface area is 119 Å². The summed E-state index contributed by atoms with van der Waals surface area (Å²) in [5.41, 5.74) is 1.84. The van der Waals surface area contributed by atoms with Gasteiger partial charge in [0, 0.05) is 0 Å². The molecule has 19 heavy (non-hydrogen) atoms. The summed E-state index contributed by atoms with van der Waals surface area (Å²) >= 11 is 0. The number of unbranched alkanes of at least 4 members (excludes halogenated alkanes) is 2. The molecule has 1 rings (SSSR count). The van der Waals surface area contributed by atoms with Gasteiger partial charge in [0.05, 0.1) is 0 Å². The zero-order valence-electron chi connectivity index (χ0n) is 13.3. The van der Waals surface area contributed by atoms with E-state index in [0.29, 0.717) is 11.2 Å². The summed E-state index contributed by atoms with van der Waals surface area (Å²) in [7, 11) is 0. The van der Waals surface area contributed by atoms with E-state index in [-0.39, 0.29) is 5.41 Å². The van der Waals surface area contributed by atoms with Crippen molar-refractivity contribution >= 4 is 0 Å². The molecule has 0 aromatic heterocycles. The van der Waals surface area contributed by atoms with Crippen molar-refractivity contribution in [1.82, 2.24) is 0 Å². The average Bonchev–Trinajstić information content (AvgIpc) is 2.28. The summed E-state index contributed by atoms with van der Waals surface area (Å²) in [4.78, 5) is 0. The molecule has 0 radical (unpaired) electrons. The van der Waals surface area contributed by atoms with Crippen LogP contribution in [-0.2, 0) is 5.41 Å². The molecule has 0 aliphatic heterocycles. The van der Waals surface area contributed by atoms with Crippen molar-refractivity contribution in [2.45, 2.75) is 72.1 Å². The summed E-state index contributed by atoms with van der Waals surface area (Å²) in [6, 6.07) is 7.69. The summed E-state index contributed by atoms with van der Waals surface area (Å²) in [5.74, 6) is 0.349. The molecule has 1 N–H and O–H groups in total. The first-order valence-corrected chi connectivity index (χ1v) is 7.56. The Morgan fingerprint density at radius 2 is 1.53 bits per heavy atom. The van der Waals surface area contributed by atoms with Gasteiger partial charge in [-0.2, -0.15) is 0 Å². The van der Waals surface area contributed by atoms with Crippen LogP contribution < -0.4 is 0 Å². The average molecular weight is 262 g/mol. The molecule has 0 bridgehead atoms. The second-order valence-corrected chi connectivity index (χ2v) is 7.23. The molecule has 0 saturated carbocycles. The van der Waals surface area contributed by atoms with Gasteiger partial charge in [-0.05, 0) is 41.4 Å². The topological polar surface area (TPSA) is 20.2 Å². The molecule has 0 aliphatic rings. The molecular formula is C18H30O. The summed E-state index contributed by atoms with van der Waals surface area (Å²) in [6.07, 6.45) is 6.42. The highest BCUT2D eigenvalue weighted by Gasteiger charge is 2.29. The number of phenols is 1. The number of benzene rings is 1. The van der Waals surface area contributed by atoms with Gasteiger partial charge >= 0.3 is 0 Å². The number of rotatable bonds is 7. The van der Waals surface area contributed by atoms with E-state index < -0.39 is 0 Å². The molecule has 0 fully saturated rings. The van der Waals surface area contributed by atoms with Crippen LogP contribution in [0, 0.1) is 5.41 Å². The molecule has 0 saturated heterocycles. The largest absolute Gasteiger partial charge is 0.508 e. The molecule has 0 atom stereocenters. The predicted molar refractivity (Wildman–Crippen MR) is 83.7 cm³/mol. The van der Waals surface area contributed by atoms with E-state index in [2.05, 4.69) is 46.8 Å². The lowest BCUT2D eigenvalue weighted by molar-refractivity contribution is 0.232. The van der Waals surface area contributed by atoms with E-state index in [4.69, 9.17) is 0 Å². The van der Waals surface area contributed by atoms with Crippen molar-refractivity contribution in [1.29, 1.82) is 0 Å². The maximum Gasteiger partial charge on any atom is 0.115 e. The molecule has 1 nitrogen and oxygen atoms in total. The van der Waals surface area contributed by atoms with Crippen molar-refractivity contribution in [3.8, 4) is 5.75 Å². The fraction of sp³-hybridized carbons (Fsp3) is 0.667. The molecule has 1 aromatic carbocycles. The second kappa shape index (κ2) is 6.45. The fourth-order valence-corrected chi connectivity index (χ4v) is 3.15. The van der Waals surface area contributed by atoms with Gasteiger partial charge in [0.1, 0.15) is 5.75 Å². The Kier molecular flexibility index (Phi) is 5.46. The van der Waals surface area contributed by atoms with Crippen molar-refractivity contribution in [2.75, 3.05) is 0 Å². The van der Waals surface area contributed by atoms with Crippen LogP contribution in [0.1, 0.15) is 72.3 Å². The number of hydrogen-bond acceptors (Lipinski definition) is 1. The predicted octanol–water partition coefficient (Wildman–Crippen LogP) is 5.67. The van der Waals surface area contributed by atoms with E-state index in [1.807, 2.05) is 0 Å².